The minimum atomic E-state index is 1.14. The minimum Gasteiger partial charge on any atom is -0.255 e. The van der Waals surface area contributed by atoms with Gasteiger partial charge in [-0.1, -0.05) is 49.7 Å². The summed E-state index contributed by atoms with van der Waals surface area (Å²) in [6, 6.07) is 15.7. The van der Waals surface area contributed by atoms with Gasteiger partial charge in [-0.2, -0.15) is 0 Å². The van der Waals surface area contributed by atoms with Gasteiger partial charge < -0.3 is 0 Å². The van der Waals surface area contributed by atoms with Gasteiger partial charge in [0.25, 0.3) is 0 Å². The Morgan fingerprint density at radius 3 is 2.78 bits per heavy atom. The molecular weight excluding hydrogens is 278 g/mol. The van der Waals surface area contributed by atoms with Gasteiger partial charge >= 0.3 is 0 Å². The molecule has 1 heterocycles. The third kappa shape index (κ3) is 2.65. The number of aromatic nitrogens is 1. The molecule has 0 aliphatic heterocycles. The summed E-state index contributed by atoms with van der Waals surface area (Å²) in [5.41, 5.74) is 6.74. The quantitative estimate of drug-likeness (QED) is 0.599. The number of rotatable bonds is 4. The molecule has 2 aromatic carbocycles. The second kappa shape index (κ2) is 6.16. The van der Waals surface area contributed by atoms with E-state index in [2.05, 4.69) is 55.6 Å². The number of aryl methyl sites for hydroxylation is 3. The van der Waals surface area contributed by atoms with E-state index in [9.17, 15) is 0 Å². The van der Waals surface area contributed by atoms with Crippen LogP contribution in [0.2, 0.25) is 0 Å². The second-order valence-corrected chi connectivity index (χ2v) is 6.63. The van der Waals surface area contributed by atoms with Gasteiger partial charge in [-0.15, -0.1) is 0 Å². The molecule has 1 aliphatic carbocycles. The zero-order valence-electron chi connectivity index (χ0n) is 13.8. The molecule has 1 aliphatic rings. The Bertz CT molecular complexity index is 837. The van der Waals surface area contributed by atoms with Crippen molar-refractivity contribution in [3.63, 3.8) is 0 Å². The fourth-order valence-corrected chi connectivity index (χ4v) is 3.81. The predicted molar refractivity (Wildman–Crippen MR) is 97.8 cm³/mol. The summed E-state index contributed by atoms with van der Waals surface area (Å²) in [6.45, 7) is 2.25. The van der Waals surface area contributed by atoms with Crippen LogP contribution in [0.15, 0.2) is 48.7 Å². The molecule has 0 spiro atoms. The molecule has 1 aromatic heterocycles. The Balaban J connectivity index is 1.86. The normalized spacial score (nSPS) is 13.4. The number of hydrogen-bond acceptors (Lipinski definition) is 1. The maximum Gasteiger partial charge on any atom is 0.0780 e. The molecule has 0 amide bonds. The van der Waals surface area contributed by atoms with E-state index >= 15 is 0 Å². The average Bonchev–Trinajstić information content (AvgIpc) is 2.61. The molecule has 0 radical (unpaired) electrons. The van der Waals surface area contributed by atoms with Gasteiger partial charge in [-0.05, 0) is 60.2 Å². The summed E-state index contributed by atoms with van der Waals surface area (Å²) in [5, 5.41) is 2.79. The number of hydrogen-bond donors (Lipinski definition) is 0. The fourth-order valence-electron chi connectivity index (χ4n) is 3.81. The van der Waals surface area contributed by atoms with Crippen LogP contribution in [0, 0.1) is 0 Å². The van der Waals surface area contributed by atoms with Crippen LogP contribution >= 0.6 is 0 Å². The van der Waals surface area contributed by atoms with Crippen molar-refractivity contribution in [1.29, 1.82) is 0 Å². The Hall–Kier alpha value is -2.15. The topological polar surface area (TPSA) is 12.9 Å². The van der Waals surface area contributed by atoms with Crippen LogP contribution in [0.3, 0.4) is 0 Å². The van der Waals surface area contributed by atoms with Gasteiger partial charge in [-0.25, -0.2) is 0 Å². The summed E-state index contributed by atoms with van der Waals surface area (Å²) in [5.74, 6) is 0. The lowest BCUT2D eigenvalue weighted by Gasteiger charge is -2.18. The van der Waals surface area contributed by atoms with Gasteiger partial charge in [0.2, 0.25) is 0 Å². The molecule has 23 heavy (non-hydrogen) atoms. The van der Waals surface area contributed by atoms with E-state index in [4.69, 9.17) is 4.98 Å². The van der Waals surface area contributed by atoms with E-state index in [-0.39, 0.29) is 0 Å². The van der Waals surface area contributed by atoms with Crippen molar-refractivity contribution in [2.24, 2.45) is 0 Å². The highest BCUT2D eigenvalue weighted by molar-refractivity contribution is 5.98. The van der Waals surface area contributed by atoms with E-state index in [0.29, 0.717) is 0 Å². The molecule has 3 aromatic rings. The van der Waals surface area contributed by atoms with Crippen molar-refractivity contribution < 1.29 is 0 Å². The molecule has 0 bridgehead atoms. The fraction of sp³-hybridized carbons (Fsp3) is 0.318. The highest BCUT2D eigenvalue weighted by Gasteiger charge is 2.16. The maximum atomic E-state index is 4.84. The van der Waals surface area contributed by atoms with Gasteiger partial charge in [-0.3, -0.25) is 4.98 Å². The van der Waals surface area contributed by atoms with Crippen LogP contribution in [-0.4, -0.2) is 4.98 Å². The smallest absolute Gasteiger partial charge is 0.0780 e. The van der Waals surface area contributed by atoms with Crippen molar-refractivity contribution in [3.8, 4) is 11.3 Å². The van der Waals surface area contributed by atoms with Gasteiger partial charge in [0.1, 0.15) is 0 Å². The first-order valence-corrected chi connectivity index (χ1v) is 8.85. The van der Waals surface area contributed by atoms with Crippen molar-refractivity contribution in [3.05, 3.63) is 65.4 Å². The molecule has 0 saturated heterocycles. The van der Waals surface area contributed by atoms with Crippen LogP contribution in [0.1, 0.15) is 42.9 Å². The summed E-state index contributed by atoms with van der Waals surface area (Å²) in [6.07, 6.45) is 9.37. The number of unbranched alkanes of at least 4 members (excludes halogenated alkanes) is 1. The monoisotopic (exact) mass is 301 g/mol. The lowest BCUT2D eigenvalue weighted by molar-refractivity contribution is 0.795. The first-order valence-electron chi connectivity index (χ1n) is 8.85. The van der Waals surface area contributed by atoms with Gasteiger partial charge in [0.05, 0.1) is 5.69 Å². The zero-order valence-corrected chi connectivity index (χ0v) is 13.8. The van der Waals surface area contributed by atoms with Crippen molar-refractivity contribution >= 4 is 10.8 Å². The van der Waals surface area contributed by atoms with Crippen molar-refractivity contribution in [2.45, 2.75) is 45.4 Å². The number of benzene rings is 2. The van der Waals surface area contributed by atoms with Gasteiger partial charge in [0.15, 0.2) is 0 Å². The summed E-state index contributed by atoms with van der Waals surface area (Å²) < 4.78 is 0. The Labute approximate surface area is 138 Å². The lowest BCUT2D eigenvalue weighted by Crippen LogP contribution is -2.03. The molecular formula is C22H23N. The average molecular weight is 301 g/mol. The van der Waals surface area contributed by atoms with E-state index in [0.717, 1.165) is 18.5 Å². The Morgan fingerprint density at radius 1 is 1.00 bits per heavy atom. The molecule has 0 saturated carbocycles. The molecule has 1 nitrogen and oxygen atoms in total. The Kier molecular flexibility index (Phi) is 3.87. The third-order valence-electron chi connectivity index (χ3n) is 4.99. The largest absolute Gasteiger partial charge is 0.255 e. The van der Waals surface area contributed by atoms with E-state index < -0.39 is 0 Å². The predicted octanol–water partition coefficient (Wildman–Crippen LogP) is 5.73. The van der Waals surface area contributed by atoms with Crippen molar-refractivity contribution in [2.75, 3.05) is 0 Å². The first-order chi connectivity index (χ1) is 11.4. The minimum absolute atomic E-state index is 1.14. The molecule has 0 N–H and O–H groups in total. The van der Waals surface area contributed by atoms with Crippen LogP contribution in [0.4, 0.5) is 0 Å². The maximum absolute atomic E-state index is 4.84. The molecule has 1 heteroatoms. The summed E-state index contributed by atoms with van der Waals surface area (Å²) in [4.78, 5) is 4.84. The molecule has 0 unspecified atom stereocenters. The van der Waals surface area contributed by atoms with Crippen LogP contribution in [-0.2, 0) is 19.3 Å². The number of pyridine rings is 1. The Morgan fingerprint density at radius 2 is 1.87 bits per heavy atom. The molecule has 0 fully saturated rings. The highest BCUT2D eigenvalue weighted by atomic mass is 14.7. The summed E-state index contributed by atoms with van der Waals surface area (Å²) in [7, 11) is 0. The molecule has 4 rings (SSSR count). The van der Waals surface area contributed by atoms with E-state index in [1.807, 2.05) is 0 Å². The zero-order chi connectivity index (χ0) is 15.6. The third-order valence-corrected chi connectivity index (χ3v) is 4.99. The van der Waals surface area contributed by atoms with E-state index in [1.165, 1.54) is 58.7 Å². The SMILES string of the molecule is CCCCc1cccc(-c2ncc3c4c(cccc24)CCC3)c1. The molecule has 0 atom stereocenters. The highest BCUT2D eigenvalue weighted by Crippen LogP contribution is 2.34. The first kappa shape index (κ1) is 14.4. The molecule has 116 valence electrons. The van der Waals surface area contributed by atoms with Crippen molar-refractivity contribution in [1.82, 2.24) is 4.98 Å². The van der Waals surface area contributed by atoms with Crippen LogP contribution in [0.5, 0.6) is 0 Å². The number of nitrogens with zero attached hydrogens (tertiary/aromatic N) is 1. The lowest BCUT2D eigenvalue weighted by atomic mass is 9.88. The van der Waals surface area contributed by atoms with Gasteiger partial charge in [0, 0.05) is 17.1 Å². The van der Waals surface area contributed by atoms with Crippen LogP contribution in [0.25, 0.3) is 22.0 Å². The second-order valence-electron chi connectivity index (χ2n) is 6.63. The van der Waals surface area contributed by atoms with Crippen LogP contribution < -0.4 is 0 Å². The summed E-state index contributed by atoms with van der Waals surface area (Å²) >= 11 is 0. The standard InChI is InChI=1S/C22H23N/c1-2-3-7-16-8-4-11-18(14-16)22-20-13-6-10-17-9-5-12-19(15-23-22)21(17)20/h4,6,8,10-11,13-15H,2-3,5,7,9,12H2,1H3. The van der Waals surface area contributed by atoms with E-state index in [1.54, 1.807) is 0 Å².